The van der Waals surface area contributed by atoms with Crippen LogP contribution >= 0.6 is 11.8 Å². The fourth-order valence-corrected chi connectivity index (χ4v) is 5.03. The summed E-state index contributed by atoms with van der Waals surface area (Å²) in [6.45, 7) is 0. The SMILES string of the molecule is CSCc1c(Oc2ccc(F)c(-c3ncc(Cc4cccc(CCC=O)c4F)[nH]3)c2)c(F)cc2[nH]ccc12. The number of carbonyl (C=O) groups excluding carboxylic acids is 1. The molecule has 0 atom stereocenters. The van der Waals surface area contributed by atoms with E-state index in [1.165, 1.54) is 30.5 Å². The number of benzene rings is 3. The number of fused-ring (bicyclic) bond motifs is 1. The highest BCUT2D eigenvalue weighted by Crippen LogP contribution is 2.37. The highest BCUT2D eigenvalue weighted by Gasteiger charge is 2.18. The number of aromatic nitrogens is 3. The molecule has 38 heavy (non-hydrogen) atoms. The van der Waals surface area contributed by atoms with E-state index in [9.17, 15) is 13.6 Å². The molecule has 0 spiro atoms. The summed E-state index contributed by atoms with van der Waals surface area (Å²) in [6.07, 6.45) is 6.73. The molecule has 2 aromatic heterocycles. The van der Waals surface area contributed by atoms with Crippen LogP contribution in [0.2, 0.25) is 0 Å². The van der Waals surface area contributed by atoms with Crippen LogP contribution in [-0.2, 0) is 23.4 Å². The number of carbonyl (C=O) groups is 1. The van der Waals surface area contributed by atoms with E-state index in [4.69, 9.17) is 4.74 Å². The van der Waals surface area contributed by atoms with Crippen molar-refractivity contribution in [3.8, 4) is 22.9 Å². The average molecular weight is 536 g/mol. The molecule has 0 amide bonds. The molecule has 0 saturated carbocycles. The number of H-pyrrole nitrogens is 2. The van der Waals surface area contributed by atoms with Crippen molar-refractivity contribution in [1.29, 1.82) is 0 Å². The van der Waals surface area contributed by atoms with Crippen LogP contribution in [0.4, 0.5) is 13.2 Å². The minimum atomic E-state index is -0.536. The van der Waals surface area contributed by atoms with Gasteiger partial charge in [-0.25, -0.2) is 18.2 Å². The van der Waals surface area contributed by atoms with E-state index in [1.807, 2.05) is 12.3 Å². The quantitative estimate of drug-likeness (QED) is 0.183. The third-order valence-corrected chi connectivity index (χ3v) is 6.84. The fraction of sp³-hybridized carbons (Fsp3) is 0.172. The van der Waals surface area contributed by atoms with E-state index in [1.54, 1.807) is 36.2 Å². The van der Waals surface area contributed by atoms with Gasteiger partial charge in [-0.2, -0.15) is 11.8 Å². The molecule has 0 bridgehead atoms. The van der Waals surface area contributed by atoms with Crippen molar-refractivity contribution >= 4 is 29.0 Å². The number of nitrogens with one attached hydrogen (secondary N) is 2. The Hall–Kier alpha value is -3.98. The Bertz CT molecular complexity index is 1610. The first-order chi connectivity index (χ1) is 18.5. The normalized spacial score (nSPS) is 11.3. The summed E-state index contributed by atoms with van der Waals surface area (Å²) < 4.78 is 50.7. The van der Waals surface area contributed by atoms with Crippen LogP contribution in [0.5, 0.6) is 11.5 Å². The third-order valence-electron chi connectivity index (χ3n) is 6.27. The number of rotatable bonds is 10. The average Bonchev–Trinajstić information content (AvgIpc) is 3.57. The smallest absolute Gasteiger partial charge is 0.168 e. The molecular weight excluding hydrogens is 511 g/mol. The third kappa shape index (κ3) is 5.19. The second kappa shape index (κ2) is 11.2. The summed E-state index contributed by atoms with van der Waals surface area (Å²) >= 11 is 1.54. The van der Waals surface area contributed by atoms with E-state index in [-0.39, 0.29) is 41.5 Å². The maximum Gasteiger partial charge on any atom is 0.168 e. The summed E-state index contributed by atoms with van der Waals surface area (Å²) in [5.41, 5.74) is 3.02. The number of nitrogens with zero attached hydrogens (tertiary/aromatic N) is 1. The molecule has 194 valence electrons. The number of aryl methyl sites for hydroxylation is 1. The molecule has 0 radical (unpaired) electrons. The highest BCUT2D eigenvalue weighted by atomic mass is 32.2. The molecule has 5 rings (SSSR count). The zero-order valence-electron chi connectivity index (χ0n) is 20.5. The van der Waals surface area contributed by atoms with Crippen LogP contribution in [0.3, 0.4) is 0 Å². The second-order valence-electron chi connectivity index (χ2n) is 8.81. The van der Waals surface area contributed by atoms with Gasteiger partial charge in [-0.05, 0) is 48.1 Å². The van der Waals surface area contributed by atoms with Gasteiger partial charge in [-0.15, -0.1) is 0 Å². The van der Waals surface area contributed by atoms with Crippen LogP contribution < -0.4 is 4.74 Å². The van der Waals surface area contributed by atoms with Crippen molar-refractivity contribution in [3.05, 3.63) is 101 Å². The fourth-order valence-electron chi connectivity index (χ4n) is 4.46. The summed E-state index contributed by atoms with van der Waals surface area (Å²) in [5.74, 6) is -0.303. The van der Waals surface area contributed by atoms with Crippen molar-refractivity contribution in [2.75, 3.05) is 6.26 Å². The molecule has 5 aromatic rings. The van der Waals surface area contributed by atoms with Crippen molar-refractivity contribution < 1.29 is 22.7 Å². The molecular formula is C29H24F3N3O2S. The number of hydrogen-bond acceptors (Lipinski definition) is 4. The number of hydrogen-bond donors (Lipinski definition) is 2. The first-order valence-corrected chi connectivity index (χ1v) is 13.4. The molecule has 0 aliphatic heterocycles. The molecule has 2 N–H and O–H groups in total. The zero-order chi connectivity index (χ0) is 26.6. The second-order valence-corrected chi connectivity index (χ2v) is 9.68. The summed E-state index contributed by atoms with van der Waals surface area (Å²) in [5, 5.41) is 0.858. The summed E-state index contributed by atoms with van der Waals surface area (Å²) in [4.78, 5) is 21.0. The van der Waals surface area contributed by atoms with Gasteiger partial charge in [-0.1, -0.05) is 18.2 Å². The zero-order valence-corrected chi connectivity index (χ0v) is 21.3. The van der Waals surface area contributed by atoms with Gasteiger partial charge < -0.3 is 19.5 Å². The Morgan fingerprint density at radius 3 is 2.71 bits per heavy atom. The van der Waals surface area contributed by atoms with Gasteiger partial charge in [0.1, 0.15) is 29.5 Å². The molecule has 0 unspecified atom stereocenters. The van der Waals surface area contributed by atoms with Crippen LogP contribution in [-0.4, -0.2) is 27.5 Å². The van der Waals surface area contributed by atoms with Gasteiger partial charge in [-0.3, -0.25) is 0 Å². The summed E-state index contributed by atoms with van der Waals surface area (Å²) in [7, 11) is 0. The van der Waals surface area contributed by atoms with E-state index in [0.717, 1.165) is 11.7 Å². The lowest BCUT2D eigenvalue weighted by Gasteiger charge is -2.14. The number of aromatic amines is 2. The largest absolute Gasteiger partial charge is 0.454 e. The Morgan fingerprint density at radius 2 is 1.89 bits per heavy atom. The molecule has 0 saturated heterocycles. The lowest BCUT2D eigenvalue weighted by atomic mass is 10.0. The number of imidazole rings is 1. The Labute approximate surface area is 221 Å². The standard InChI is InChI=1S/C29H24F3N3O2S/c1-38-16-23-21-9-10-33-26(21)14-25(31)28(23)37-20-7-8-24(30)22(13-20)29-34-15-19(35-29)12-18-5-2-4-17(27(18)32)6-3-11-36/h2,4-5,7-11,13-15,33H,3,6,12,16H2,1H3,(H,34,35). The van der Waals surface area contributed by atoms with E-state index < -0.39 is 11.6 Å². The molecule has 0 aliphatic carbocycles. The van der Waals surface area contributed by atoms with Crippen LogP contribution in [0.1, 0.15) is 28.8 Å². The van der Waals surface area contributed by atoms with Crippen LogP contribution in [0, 0.1) is 17.5 Å². The van der Waals surface area contributed by atoms with Gasteiger partial charge in [0.2, 0.25) is 0 Å². The van der Waals surface area contributed by atoms with E-state index in [0.29, 0.717) is 40.1 Å². The van der Waals surface area contributed by atoms with Gasteiger partial charge in [0.25, 0.3) is 0 Å². The topological polar surface area (TPSA) is 70.8 Å². The summed E-state index contributed by atoms with van der Waals surface area (Å²) in [6, 6.07) is 12.4. The maximum atomic E-state index is 15.0. The number of aldehydes is 1. The molecule has 5 nitrogen and oxygen atoms in total. The molecule has 0 fully saturated rings. The van der Waals surface area contributed by atoms with Crippen LogP contribution in [0.15, 0.2) is 60.9 Å². The number of ether oxygens (including phenoxy) is 1. The Balaban J connectivity index is 1.42. The lowest BCUT2D eigenvalue weighted by molar-refractivity contribution is -0.107. The maximum absolute atomic E-state index is 15.0. The van der Waals surface area contributed by atoms with Gasteiger partial charge in [0, 0.05) is 59.2 Å². The Morgan fingerprint density at radius 1 is 1.05 bits per heavy atom. The first kappa shape index (κ1) is 25.7. The Kier molecular flexibility index (Phi) is 7.55. The van der Waals surface area contributed by atoms with Gasteiger partial charge in [0.15, 0.2) is 11.6 Å². The van der Waals surface area contributed by atoms with Crippen molar-refractivity contribution in [2.24, 2.45) is 0 Å². The highest BCUT2D eigenvalue weighted by molar-refractivity contribution is 7.97. The molecule has 9 heteroatoms. The predicted octanol–water partition coefficient (Wildman–Crippen LogP) is 7.35. The number of halogens is 3. The molecule has 0 aliphatic rings. The van der Waals surface area contributed by atoms with Crippen LogP contribution in [0.25, 0.3) is 22.3 Å². The minimum Gasteiger partial charge on any atom is -0.454 e. The van der Waals surface area contributed by atoms with E-state index in [2.05, 4.69) is 15.0 Å². The lowest BCUT2D eigenvalue weighted by Crippen LogP contribution is -1.99. The van der Waals surface area contributed by atoms with Gasteiger partial charge >= 0.3 is 0 Å². The minimum absolute atomic E-state index is 0.0917. The number of thioether (sulfide) groups is 1. The van der Waals surface area contributed by atoms with Crippen molar-refractivity contribution in [3.63, 3.8) is 0 Å². The van der Waals surface area contributed by atoms with Crippen molar-refractivity contribution in [2.45, 2.75) is 25.0 Å². The van der Waals surface area contributed by atoms with Gasteiger partial charge in [0.05, 0.1) is 5.56 Å². The molecule has 3 aromatic carbocycles. The van der Waals surface area contributed by atoms with E-state index >= 15 is 4.39 Å². The first-order valence-electron chi connectivity index (χ1n) is 12.0. The molecule has 2 heterocycles. The monoisotopic (exact) mass is 535 g/mol. The predicted molar refractivity (Wildman–Crippen MR) is 143 cm³/mol. The van der Waals surface area contributed by atoms with Crippen molar-refractivity contribution in [1.82, 2.24) is 15.0 Å².